The van der Waals surface area contributed by atoms with Crippen LogP contribution < -0.4 is 5.73 Å². The number of aliphatic imine (C=N–C) groups is 1. The summed E-state index contributed by atoms with van der Waals surface area (Å²) in [4.78, 5) is 11.2. The summed E-state index contributed by atoms with van der Waals surface area (Å²) >= 11 is 0. The Morgan fingerprint density at radius 3 is 2.77 bits per heavy atom. The maximum absolute atomic E-state index is 11.1. The Morgan fingerprint density at radius 1 is 1.20 bits per heavy atom. The third-order valence-corrected chi connectivity index (χ3v) is 6.98. The minimum atomic E-state index is -0.341. The summed E-state index contributed by atoms with van der Waals surface area (Å²) in [5.74, 6) is 0.944. The highest BCUT2D eigenvalue weighted by atomic mass is 16.5. The number of aliphatic hydroxyl groups is 1. The van der Waals surface area contributed by atoms with Crippen molar-refractivity contribution >= 4 is 5.96 Å². The molecule has 0 saturated carbocycles. The summed E-state index contributed by atoms with van der Waals surface area (Å²) in [5.41, 5.74) is 9.96. The second kappa shape index (κ2) is 8.40. The first-order valence-corrected chi connectivity index (χ1v) is 11.2. The fraction of sp³-hybridized carbons (Fsp3) is 0.565. The summed E-state index contributed by atoms with van der Waals surface area (Å²) in [6.45, 7) is 3.27. The molecule has 0 spiro atoms. The highest BCUT2D eigenvalue weighted by Gasteiger charge is 2.33. The molecule has 7 nitrogen and oxygen atoms in total. The smallest absolute Gasteiger partial charge is 0.191 e. The van der Waals surface area contributed by atoms with Gasteiger partial charge in [-0.1, -0.05) is 24.3 Å². The number of imidazole rings is 1. The summed E-state index contributed by atoms with van der Waals surface area (Å²) in [5, 5.41) is 11.1. The summed E-state index contributed by atoms with van der Waals surface area (Å²) < 4.78 is 7.61. The Kier molecular flexibility index (Phi) is 5.48. The fourth-order valence-corrected chi connectivity index (χ4v) is 5.19. The monoisotopic (exact) mass is 409 g/mol. The molecule has 4 heterocycles. The van der Waals surface area contributed by atoms with Crippen molar-refractivity contribution in [3.05, 3.63) is 42.4 Å². The summed E-state index contributed by atoms with van der Waals surface area (Å²) in [6.07, 6.45) is 7.98. The first-order chi connectivity index (χ1) is 14.7. The van der Waals surface area contributed by atoms with E-state index in [2.05, 4.69) is 38.7 Å². The maximum Gasteiger partial charge on any atom is 0.191 e. The quantitative estimate of drug-likeness (QED) is 0.598. The lowest BCUT2D eigenvalue weighted by molar-refractivity contribution is 0.0590. The van der Waals surface area contributed by atoms with Crippen molar-refractivity contribution in [3.63, 3.8) is 0 Å². The molecule has 30 heavy (non-hydrogen) atoms. The molecule has 0 radical (unpaired) electrons. The average molecular weight is 410 g/mol. The van der Waals surface area contributed by atoms with Gasteiger partial charge in [-0.3, -0.25) is 0 Å². The first kappa shape index (κ1) is 19.6. The molecule has 3 aliphatic heterocycles. The lowest BCUT2D eigenvalue weighted by atomic mass is 9.86. The van der Waals surface area contributed by atoms with Crippen LogP contribution in [0.25, 0.3) is 11.3 Å². The van der Waals surface area contributed by atoms with Gasteiger partial charge in [0.15, 0.2) is 5.96 Å². The second-order valence-corrected chi connectivity index (χ2v) is 8.75. The van der Waals surface area contributed by atoms with E-state index in [0.717, 1.165) is 64.1 Å². The first-order valence-electron chi connectivity index (χ1n) is 11.2. The van der Waals surface area contributed by atoms with Crippen molar-refractivity contribution in [1.29, 1.82) is 0 Å². The van der Waals surface area contributed by atoms with Crippen molar-refractivity contribution in [1.82, 2.24) is 14.5 Å². The van der Waals surface area contributed by atoms with Gasteiger partial charge in [0.25, 0.3) is 0 Å². The van der Waals surface area contributed by atoms with Crippen molar-refractivity contribution < 1.29 is 9.84 Å². The number of aromatic nitrogens is 2. The predicted molar refractivity (Wildman–Crippen MR) is 116 cm³/mol. The van der Waals surface area contributed by atoms with Crippen LogP contribution in [0.15, 0.2) is 41.8 Å². The molecule has 3 aliphatic rings. The number of nitrogens with two attached hydrogens (primary N) is 1. The molecular formula is C23H31N5O2. The van der Waals surface area contributed by atoms with Crippen molar-refractivity contribution in [2.24, 2.45) is 16.6 Å². The molecule has 1 aromatic carbocycles. The minimum Gasteiger partial charge on any atom is -0.393 e. The van der Waals surface area contributed by atoms with E-state index in [1.807, 2.05) is 12.5 Å². The zero-order chi connectivity index (χ0) is 20.5. The molecule has 160 valence electrons. The number of guanidine groups is 1. The van der Waals surface area contributed by atoms with Gasteiger partial charge in [-0.25, -0.2) is 9.98 Å². The molecule has 2 unspecified atom stereocenters. The van der Waals surface area contributed by atoms with E-state index < -0.39 is 0 Å². The third-order valence-electron chi connectivity index (χ3n) is 6.98. The van der Waals surface area contributed by atoms with E-state index in [0.29, 0.717) is 5.96 Å². The Labute approximate surface area is 177 Å². The van der Waals surface area contributed by atoms with E-state index >= 15 is 0 Å². The molecule has 2 atom stereocenters. The number of ether oxygens (including phenoxy) is 1. The number of hydrogen-bond donors (Lipinski definition) is 2. The number of benzene rings is 1. The molecule has 1 aromatic heterocycles. The van der Waals surface area contributed by atoms with Gasteiger partial charge in [-0.15, -0.1) is 0 Å². The SMILES string of the molecule is NC(=NC1CCOCC1)N1CCC(C(O)CC2c3ccccc3-c3cncn32)CC1. The zero-order valence-electron chi connectivity index (χ0n) is 17.4. The van der Waals surface area contributed by atoms with Crippen LogP contribution in [0.1, 0.15) is 43.7 Å². The highest BCUT2D eigenvalue weighted by Crippen LogP contribution is 2.42. The van der Waals surface area contributed by atoms with Crippen molar-refractivity contribution in [3.8, 4) is 11.3 Å². The van der Waals surface area contributed by atoms with E-state index in [1.54, 1.807) is 0 Å². The molecule has 2 saturated heterocycles. The fourth-order valence-electron chi connectivity index (χ4n) is 5.19. The number of likely N-dealkylation sites (tertiary alicyclic amines) is 1. The maximum atomic E-state index is 11.1. The van der Waals surface area contributed by atoms with Crippen LogP contribution in [0, 0.1) is 5.92 Å². The van der Waals surface area contributed by atoms with Gasteiger partial charge in [0.1, 0.15) is 0 Å². The number of piperidine rings is 1. The number of hydrogen-bond acceptors (Lipinski definition) is 4. The van der Waals surface area contributed by atoms with Crippen LogP contribution in [0.3, 0.4) is 0 Å². The summed E-state index contributed by atoms with van der Waals surface area (Å²) in [7, 11) is 0. The van der Waals surface area contributed by atoms with Crippen LogP contribution in [0.4, 0.5) is 0 Å². The van der Waals surface area contributed by atoms with Gasteiger partial charge >= 0.3 is 0 Å². The van der Waals surface area contributed by atoms with E-state index in [4.69, 9.17) is 15.5 Å². The number of nitrogens with zero attached hydrogens (tertiary/aromatic N) is 4. The molecule has 2 aromatic rings. The van der Waals surface area contributed by atoms with Gasteiger partial charge in [-0.05, 0) is 43.6 Å². The normalized spacial score (nSPS) is 24.0. The van der Waals surface area contributed by atoms with E-state index in [9.17, 15) is 5.11 Å². The molecule has 0 bridgehead atoms. The summed E-state index contributed by atoms with van der Waals surface area (Å²) in [6, 6.07) is 8.92. The molecule has 3 N–H and O–H groups in total. The topological polar surface area (TPSA) is 88.9 Å². The molecule has 5 rings (SSSR count). The Hall–Kier alpha value is -2.38. The number of rotatable bonds is 4. The second-order valence-electron chi connectivity index (χ2n) is 8.75. The molecule has 7 heteroatoms. The van der Waals surface area contributed by atoms with Crippen LogP contribution in [0.5, 0.6) is 0 Å². The third kappa shape index (κ3) is 3.72. The van der Waals surface area contributed by atoms with Crippen LogP contribution in [-0.4, -0.2) is 64.0 Å². The standard InChI is InChI=1S/C23H31N5O2/c24-23(26-17-7-11-30-12-8-17)27-9-5-16(6-10-27)22(29)13-20-18-3-1-2-4-19(18)21-14-25-15-28(20)21/h1-4,14-17,20,22,29H,5-13H2,(H2,24,26). The van der Waals surface area contributed by atoms with Crippen molar-refractivity contribution in [2.75, 3.05) is 26.3 Å². The minimum absolute atomic E-state index is 0.159. The zero-order valence-corrected chi connectivity index (χ0v) is 17.4. The lowest BCUT2D eigenvalue weighted by Gasteiger charge is -2.36. The van der Waals surface area contributed by atoms with Crippen LogP contribution in [-0.2, 0) is 4.74 Å². The average Bonchev–Trinajstić information content (AvgIpc) is 3.37. The number of fused-ring (bicyclic) bond motifs is 3. The molecule has 2 fully saturated rings. The molecule has 0 aliphatic carbocycles. The number of aliphatic hydroxyl groups excluding tert-OH is 1. The lowest BCUT2D eigenvalue weighted by Crippen LogP contribution is -2.45. The van der Waals surface area contributed by atoms with Crippen molar-refractivity contribution in [2.45, 2.75) is 50.3 Å². The largest absolute Gasteiger partial charge is 0.393 e. The molecular weight excluding hydrogens is 378 g/mol. The Balaban J connectivity index is 1.20. The predicted octanol–water partition coefficient (Wildman–Crippen LogP) is 2.41. The molecule has 0 amide bonds. The Morgan fingerprint density at radius 2 is 1.97 bits per heavy atom. The van der Waals surface area contributed by atoms with Gasteiger partial charge in [-0.2, -0.15) is 0 Å². The van der Waals surface area contributed by atoms with Gasteiger partial charge < -0.3 is 25.0 Å². The van der Waals surface area contributed by atoms with Crippen LogP contribution >= 0.6 is 0 Å². The highest BCUT2D eigenvalue weighted by molar-refractivity contribution is 5.78. The van der Waals surface area contributed by atoms with E-state index in [-0.39, 0.29) is 24.1 Å². The Bertz CT molecular complexity index is 897. The van der Waals surface area contributed by atoms with Crippen LogP contribution in [0.2, 0.25) is 0 Å². The van der Waals surface area contributed by atoms with Gasteiger partial charge in [0, 0.05) is 31.9 Å². The van der Waals surface area contributed by atoms with E-state index in [1.165, 1.54) is 11.1 Å². The van der Waals surface area contributed by atoms with Gasteiger partial charge in [0.2, 0.25) is 0 Å². The van der Waals surface area contributed by atoms with Gasteiger partial charge in [0.05, 0.1) is 36.4 Å².